The Hall–Kier alpha value is -2.65. The van der Waals surface area contributed by atoms with Gasteiger partial charge in [-0.1, -0.05) is 65.3 Å². The van der Waals surface area contributed by atoms with Crippen LogP contribution in [0.2, 0.25) is 10.3 Å². The van der Waals surface area contributed by atoms with Gasteiger partial charge in [0.25, 0.3) is 26.1 Å². The number of halogens is 2. The molecule has 6 rings (SSSR count). The molecule has 0 saturated heterocycles. The molecule has 294 valence electrons. The molecule has 0 aliphatic carbocycles. The van der Waals surface area contributed by atoms with Crippen molar-refractivity contribution >= 4 is 104 Å². The molecule has 1 aromatic heterocycles. The van der Waals surface area contributed by atoms with Crippen LogP contribution in [0.25, 0.3) is 21.8 Å². The van der Waals surface area contributed by atoms with Crippen LogP contribution in [-0.2, 0) is 36.9 Å². The zero-order chi connectivity index (χ0) is 41.6. The first-order valence-electron chi connectivity index (χ1n) is 15.6. The molecule has 26 heteroatoms. The molecule has 6 aromatic rings. The average molecular weight is 942 g/mol. The summed E-state index contributed by atoms with van der Waals surface area (Å²) in [7, 11) is -14.6. The van der Waals surface area contributed by atoms with Crippen molar-refractivity contribution in [1.82, 2.24) is 14.9 Å². The van der Waals surface area contributed by atoms with E-state index < -0.39 is 90.4 Å². The van der Waals surface area contributed by atoms with E-state index >= 15 is 0 Å². The van der Waals surface area contributed by atoms with Gasteiger partial charge in [-0.15, -0.1) is 10.2 Å². The number of carbonyl (C=O) groups is 1. The minimum Gasteiger partial charge on any atom is -0.870 e. The smallest absolute Gasteiger partial charge is 0.870 e. The van der Waals surface area contributed by atoms with Crippen LogP contribution in [0.1, 0.15) is 21.5 Å². The van der Waals surface area contributed by atoms with Crippen molar-refractivity contribution in [3.05, 3.63) is 112 Å². The second-order valence-corrected chi connectivity index (χ2v) is 16.8. The second-order valence-electron chi connectivity index (χ2n) is 11.9. The summed E-state index contributed by atoms with van der Waals surface area (Å²) in [5.74, 6) is -2.99. The second kappa shape index (κ2) is 20.2. The third-order valence-electron chi connectivity index (χ3n) is 8.08. The van der Waals surface area contributed by atoms with Crippen molar-refractivity contribution < 1.29 is 143 Å². The number of azo groups is 1. The maximum absolute atomic E-state index is 14.0. The number of aliphatic imine (C=N–C) groups is 1. The first-order chi connectivity index (χ1) is 26.6. The van der Waals surface area contributed by atoms with Crippen LogP contribution in [0, 0.1) is 0 Å². The summed E-state index contributed by atoms with van der Waals surface area (Å²) in [5, 5.41) is 32.5. The summed E-state index contributed by atoms with van der Waals surface area (Å²) in [6.45, 7) is -0.232. The van der Waals surface area contributed by atoms with Gasteiger partial charge in [0.1, 0.15) is 25.6 Å². The first-order valence-corrected chi connectivity index (χ1v) is 20.6. The Morgan fingerprint density at radius 2 is 1.33 bits per heavy atom. The Kier molecular flexibility index (Phi) is 17.4. The Morgan fingerprint density at radius 3 is 1.93 bits per heavy atom. The van der Waals surface area contributed by atoms with Crippen LogP contribution in [0.15, 0.2) is 115 Å². The predicted octanol–water partition coefficient (Wildman–Crippen LogP) is -4.30. The normalized spacial score (nSPS) is 12.1. The maximum atomic E-state index is 14.0. The number of hydrogen-bond donors (Lipinski definition) is 2. The van der Waals surface area contributed by atoms with E-state index in [1.165, 1.54) is 60.5 Å². The van der Waals surface area contributed by atoms with Crippen molar-refractivity contribution in [1.29, 1.82) is 0 Å². The van der Waals surface area contributed by atoms with Gasteiger partial charge in [0, 0.05) is 29.9 Å². The monoisotopic (exact) mass is 940 g/mol. The number of hydrogen-bond acceptors (Lipinski definition) is 15. The zero-order valence-corrected chi connectivity index (χ0v) is 41.4. The van der Waals surface area contributed by atoms with Gasteiger partial charge < -0.3 is 19.7 Å². The van der Waals surface area contributed by atoms with Crippen molar-refractivity contribution in [2.24, 2.45) is 15.2 Å². The van der Waals surface area contributed by atoms with Crippen molar-refractivity contribution in [3.63, 3.8) is 0 Å². The van der Waals surface area contributed by atoms with E-state index in [1.54, 1.807) is 6.07 Å². The van der Waals surface area contributed by atoms with E-state index in [4.69, 9.17) is 23.2 Å². The van der Waals surface area contributed by atoms with E-state index in [0.717, 1.165) is 18.2 Å². The van der Waals surface area contributed by atoms with E-state index in [0.29, 0.717) is 17.6 Å². The van der Waals surface area contributed by atoms with Gasteiger partial charge in [0.05, 0.1) is 27.3 Å². The van der Waals surface area contributed by atoms with Crippen LogP contribution in [0.5, 0.6) is 5.75 Å². The molecule has 0 aliphatic heterocycles. The van der Waals surface area contributed by atoms with Crippen LogP contribution in [0.3, 0.4) is 0 Å². The number of amides is 1. The van der Waals surface area contributed by atoms with Crippen LogP contribution >= 0.6 is 23.2 Å². The van der Waals surface area contributed by atoms with E-state index in [9.17, 15) is 53.9 Å². The van der Waals surface area contributed by atoms with Crippen LogP contribution in [0.4, 0.5) is 17.1 Å². The first kappa shape index (κ1) is 51.7. The fraction of sp³-hybridized carbons (Fsp3) is 0.0588. The minimum atomic E-state index is -5.49. The number of aromatic nitrogens is 2. The number of carbonyl (C=O) groups excluding carboxylic acids is 1. The molecular formula is C34H21Cl2N6Na3O12S3. The predicted molar refractivity (Wildman–Crippen MR) is 200 cm³/mol. The van der Waals surface area contributed by atoms with Crippen molar-refractivity contribution in [3.8, 4) is 5.75 Å². The molecule has 0 bridgehead atoms. The summed E-state index contributed by atoms with van der Waals surface area (Å²) >= 11 is 11.9. The molecular weight excluding hydrogens is 920 g/mol. The summed E-state index contributed by atoms with van der Waals surface area (Å²) in [6, 6.07) is 16.8. The van der Waals surface area contributed by atoms with Gasteiger partial charge in [0.15, 0.2) is 10.3 Å². The molecule has 1 amide bonds. The number of fused-ring (bicyclic) bond motifs is 2. The number of benzene rings is 5. The van der Waals surface area contributed by atoms with Gasteiger partial charge in [-0.2, -0.15) is 16.8 Å². The summed E-state index contributed by atoms with van der Waals surface area (Å²) < 4.78 is 106. The van der Waals surface area contributed by atoms with Crippen LogP contribution in [-0.4, -0.2) is 72.6 Å². The Balaban J connectivity index is 0.00000320. The molecule has 0 radical (unpaired) electrons. The summed E-state index contributed by atoms with van der Waals surface area (Å²) in [6.07, 6.45) is 0. The van der Waals surface area contributed by atoms with Gasteiger partial charge in [0.2, 0.25) is 0 Å². The molecule has 0 aliphatic rings. The fourth-order valence-electron chi connectivity index (χ4n) is 5.53. The Labute approximate surface area is 417 Å². The third kappa shape index (κ3) is 11.5. The molecule has 0 atom stereocenters. The Morgan fingerprint density at radius 1 is 0.733 bits per heavy atom. The largest absolute Gasteiger partial charge is 1.00 e. The minimum absolute atomic E-state index is 0. The molecule has 2 N–H and O–H groups in total. The maximum Gasteiger partial charge on any atom is 1.00 e. The molecule has 60 heavy (non-hydrogen) atoms. The topological polar surface area (TPSA) is 295 Å². The Bertz CT molecular complexity index is 3080. The fourth-order valence-corrected chi connectivity index (χ4v) is 7.71. The average Bonchev–Trinajstić information content (AvgIpc) is 3.13. The van der Waals surface area contributed by atoms with Gasteiger partial charge in [-0.3, -0.25) is 18.9 Å². The van der Waals surface area contributed by atoms with E-state index in [2.05, 4.69) is 25.2 Å². The standard InChI is InChI=1S/C34H24Cl2N6O12S3.3Na/c1-42(34(45)19-8-9-21-23(14-19)38-32(36)31(35)37-21)16-17-7-11-26(56(49,50)51)24(13-17)40-41-29-27(57(52,53)54)15-20-25(55(46,47)48)12-10-22(28(20)30(29)43)39-33(44)18-5-3-2-4-6-18;;;/h2-15,43H,16H2,1H3,(H,39,44)(H,46,47,48)(H,49,50,51)(H,52,53,54);;;/q;3*+1/p-3. The zero-order valence-electron chi connectivity index (χ0n) is 31.4. The van der Waals surface area contributed by atoms with Gasteiger partial charge in [-0.25, -0.2) is 18.4 Å². The quantitative estimate of drug-likeness (QED) is 0.0432. The third-order valence-corrected chi connectivity index (χ3v) is 11.4. The molecule has 5 aromatic carbocycles. The van der Waals surface area contributed by atoms with Crippen molar-refractivity contribution in [2.45, 2.75) is 21.2 Å². The van der Waals surface area contributed by atoms with Gasteiger partial charge >= 0.3 is 88.7 Å². The number of nitrogens with zero attached hydrogens (tertiary/aromatic N) is 6. The molecule has 0 spiro atoms. The number of rotatable bonds is 10. The molecule has 0 fully saturated rings. The molecule has 0 unspecified atom stereocenters. The van der Waals surface area contributed by atoms with Crippen LogP contribution < -0.4 is 98.9 Å². The summed E-state index contributed by atoms with van der Waals surface area (Å²) in [4.78, 5) is 23.2. The molecule has 1 heterocycles. The summed E-state index contributed by atoms with van der Waals surface area (Å²) in [5.41, 5.74) is -1.50. The van der Waals surface area contributed by atoms with E-state index in [1.807, 2.05) is 0 Å². The molecule has 18 nitrogen and oxygen atoms in total. The molecule has 0 saturated carbocycles. The van der Waals surface area contributed by atoms with E-state index in [-0.39, 0.29) is 128 Å². The SMILES string of the molecule is CN(Cc1ccc(S(=O)(=O)O)c(N=Nc2c(S(=O)(=O)O)cc3c(S(=O)(=O)[O-])ccc(N=C([O-])c4ccccc4)c3c2[O-])c1)C(=O)c1ccc2nc(Cl)c(Cl)nc2c1.[Na+].[Na+].[Na+]. The van der Waals surface area contributed by atoms with Crippen molar-refractivity contribution in [2.75, 3.05) is 7.05 Å². The van der Waals surface area contributed by atoms with Gasteiger partial charge in [-0.05, 0) is 65.6 Å².